The first-order valence-electron chi connectivity index (χ1n) is 7.08. The van der Waals surface area contributed by atoms with Crippen LogP contribution in [0.15, 0.2) is 36.4 Å². The van der Waals surface area contributed by atoms with E-state index in [0.717, 1.165) is 37.6 Å². The lowest BCUT2D eigenvalue weighted by Gasteiger charge is -2.08. The molecular formula is C17H27NO. The van der Waals surface area contributed by atoms with Gasteiger partial charge < -0.3 is 10.1 Å². The Morgan fingerprint density at radius 1 is 1.21 bits per heavy atom. The molecule has 1 rings (SSSR count). The summed E-state index contributed by atoms with van der Waals surface area (Å²) in [6, 6.07) is 8.88. The van der Waals surface area contributed by atoms with Gasteiger partial charge >= 0.3 is 0 Å². The third-order valence-electron chi connectivity index (χ3n) is 2.77. The van der Waals surface area contributed by atoms with Gasteiger partial charge in [0, 0.05) is 13.1 Å². The van der Waals surface area contributed by atoms with Crippen molar-refractivity contribution in [1.82, 2.24) is 5.32 Å². The zero-order valence-electron chi connectivity index (χ0n) is 12.5. The maximum atomic E-state index is 5.43. The molecule has 0 amide bonds. The Balaban J connectivity index is 2.17. The zero-order chi connectivity index (χ0) is 14.1. The van der Waals surface area contributed by atoms with Gasteiger partial charge in [0.2, 0.25) is 0 Å². The maximum absolute atomic E-state index is 5.43. The maximum Gasteiger partial charge on any atom is 0.0672 e. The molecule has 1 aromatic carbocycles. The smallest absolute Gasteiger partial charge is 0.0672 e. The third-order valence-corrected chi connectivity index (χ3v) is 2.77. The largest absolute Gasteiger partial charge is 0.376 e. The summed E-state index contributed by atoms with van der Waals surface area (Å²) in [5.74, 6) is 0.717. The lowest BCUT2D eigenvalue weighted by atomic mass is 10.0. The van der Waals surface area contributed by atoms with Crippen LogP contribution in [-0.4, -0.2) is 19.8 Å². The standard InChI is InChI=1S/C17H27NO/c1-14(2)11-16-5-7-17(8-6-16)12-18-9-10-19-13-15(3)4/h5-8,14,18H,3,9-13H2,1-2,4H3. The molecule has 0 saturated carbocycles. The van der Waals surface area contributed by atoms with Crippen LogP contribution in [0, 0.1) is 5.92 Å². The first kappa shape index (κ1) is 15.9. The molecule has 1 N–H and O–H groups in total. The van der Waals surface area contributed by atoms with Gasteiger partial charge in [0.15, 0.2) is 0 Å². The third kappa shape index (κ3) is 7.81. The first-order valence-corrected chi connectivity index (χ1v) is 7.08. The number of rotatable bonds is 9. The molecule has 0 fully saturated rings. The molecule has 0 heterocycles. The van der Waals surface area contributed by atoms with Crippen LogP contribution in [0.3, 0.4) is 0 Å². The molecule has 0 unspecified atom stereocenters. The Bertz CT molecular complexity index is 367. The summed E-state index contributed by atoms with van der Waals surface area (Å²) >= 11 is 0. The molecule has 2 nitrogen and oxygen atoms in total. The van der Waals surface area contributed by atoms with Crippen LogP contribution in [0.4, 0.5) is 0 Å². The molecule has 0 aromatic heterocycles. The summed E-state index contributed by atoms with van der Waals surface area (Å²) in [5.41, 5.74) is 3.82. The topological polar surface area (TPSA) is 21.3 Å². The summed E-state index contributed by atoms with van der Waals surface area (Å²) in [7, 11) is 0. The van der Waals surface area contributed by atoms with Crippen LogP contribution in [-0.2, 0) is 17.7 Å². The summed E-state index contributed by atoms with van der Waals surface area (Å²) in [6.07, 6.45) is 1.16. The van der Waals surface area contributed by atoms with Crippen LogP contribution >= 0.6 is 0 Å². The van der Waals surface area contributed by atoms with Crippen molar-refractivity contribution < 1.29 is 4.74 Å². The van der Waals surface area contributed by atoms with Crippen molar-refractivity contribution >= 4 is 0 Å². The molecule has 19 heavy (non-hydrogen) atoms. The van der Waals surface area contributed by atoms with Crippen molar-refractivity contribution in [3.63, 3.8) is 0 Å². The fourth-order valence-corrected chi connectivity index (χ4v) is 1.89. The average molecular weight is 261 g/mol. The molecule has 0 atom stereocenters. The fourth-order valence-electron chi connectivity index (χ4n) is 1.89. The van der Waals surface area contributed by atoms with Crippen LogP contribution in [0.5, 0.6) is 0 Å². The van der Waals surface area contributed by atoms with E-state index in [9.17, 15) is 0 Å². The summed E-state index contributed by atoms with van der Waals surface area (Å²) in [5, 5.41) is 3.38. The normalized spacial score (nSPS) is 10.9. The molecule has 0 aliphatic heterocycles. The second-order valence-corrected chi connectivity index (χ2v) is 5.60. The molecule has 0 bridgehead atoms. The van der Waals surface area contributed by atoms with Crippen LogP contribution < -0.4 is 5.32 Å². The van der Waals surface area contributed by atoms with Gasteiger partial charge in [-0.1, -0.05) is 50.3 Å². The number of hydrogen-bond acceptors (Lipinski definition) is 2. The fraction of sp³-hybridized carbons (Fsp3) is 0.529. The summed E-state index contributed by atoms with van der Waals surface area (Å²) in [4.78, 5) is 0. The Hall–Kier alpha value is -1.12. The van der Waals surface area contributed by atoms with Gasteiger partial charge in [-0.05, 0) is 30.4 Å². The molecule has 0 spiro atoms. The van der Waals surface area contributed by atoms with E-state index in [1.54, 1.807) is 0 Å². The van der Waals surface area contributed by atoms with Gasteiger partial charge in [-0.3, -0.25) is 0 Å². The zero-order valence-corrected chi connectivity index (χ0v) is 12.5. The van der Waals surface area contributed by atoms with Gasteiger partial charge in [-0.25, -0.2) is 0 Å². The monoisotopic (exact) mass is 261 g/mol. The molecule has 0 radical (unpaired) electrons. The van der Waals surface area contributed by atoms with Gasteiger partial charge in [-0.15, -0.1) is 0 Å². The van der Waals surface area contributed by atoms with Crippen LogP contribution in [0.2, 0.25) is 0 Å². The minimum atomic E-state index is 0.658. The quantitative estimate of drug-likeness (QED) is 0.542. The van der Waals surface area contributed by atoms with E-state index >= 15 is 0 Å². The van der Waals surface area contributed by atoms with Crippen molar-refractivity contribution in [3.8, 4) is 0 Å². The summed E-state index contributed by atoms with van der Waals surface area (Å²) in [6.45, 7) is 13.5. The van der Waals surface area contributed by atoms with E-state index in [-0.39, 0.29) is 0 Å². The second kappa shape index (κ2) is 8.89. The molecule has 0 aliphatic carbocycles. The second-order valence-electron chi connectivity index (χ2n) is 5.60. The van der Waals surface area contributed by atoms with E-state index in [1.807, 2.05) is 6.92 Å². The number of nitrogens with one attached hydrogen (secondary N) is 1. The van der Waals surface area contributed by atoms with Crippen molar-refractivity contribution in [3.05, 3.63) is 47.5 Å². The Morgan fingerprint density at radius 3 is 2.42 bits per heavy atom. The van der Waals surface area contributed by atoms with Gasteiger partial charge in [-0.2, -0.15) is 0 Å². The van der Waals surface area contributed by atoms with Crippen molar-refractivity contribution in [1.29, 1.82) is 0 Å². The van der Waals surface area contributed by atoms with Crippen molar-refractivity contribution in [2.45, 2.75) is 33.7 Å². The molecule has 0 aliphatic rings. The van der Waals surface area contributed by atoms with E-state index in [1.165, 1.54) is 11.1 Å². The highest BCUT2D eigenvalue weighted by Crippen LogP contribution is 2.09. The molecular weight excluding hydrogens is 234 g/mol. The molecule has 2 heteroatoms. The Labute approximate surface area is 117 Å². The lowest BCUT2D eigenvalue weighted by molar-refractivity contribution is 0.158. The minimum Gasteiger partial charge on any atom is -0.376 e. The van der Waals surface area contributed by atoms with Crippen LogP contribution in [0.1, 0.15) is 31.9 Å². The molecule has 106 valence electrons. The van der Waals surface area contributed by atoms with E-state index in [0.29, 0.717) is 6.61 Å². The number of benzene rings is 1. The van der Waals surface area contributed by atoms with Gasteiger partial charge in [0.25, 0.3) is 0 Å². The van der Waals surface area contributed by atoms with Crippen molar-refractivity contribution in [2.75, 3.05) is 19.8 Å². The van der Waals surface area contributed by atoms with E-state index < -0.39 is 0 Å². The van der Waals surface area contributed by atoms with Gasteiger partial charge in [0.1, 0.15) is 0 Å². The predicted octanol–water partition coefficient (Wildman–Crippen LogP) is 3.57. The molecule has 0 saturated heterocycles. The Morgan fingerprint density at radius 2 is 1.84 bits per heavy atom. The minimum absolute atomic E-state index is 0.658. The Kier molecular flexibility index (Phi) is 7.46. The first-order chi connectivity index (χ1) is 9.08. The average Bonchev–Trinajstić information content (AvgIpc) is 2.34. The highest BCUT2D eigenvalue weighted by Gasteiger charge is 1.98. The van der Waals surface area contributed by atoms with E-state index in [2.05, 4.69) is 50.0 Å². The van der Waals surface area contributed by atoms with Crippen molar-refractivity contribution in [2.24, 2.45) is 5.92 Å². The summed E-state index contributed by atoms with van der Waals surface area (Å²) < 4.78 is 5.43. The highest BCUT2D eigenvalue weighted by molar-refractivity contribution is 5.22. The SMILES string of the molecule is C=C(C)COCCNCc1ccc(CC(C)C)cc1. The number of ether oxygens (including phenoxy) is 1. The van der Waals surface area contributed by atoms with Gasteiger partial charge in [0.05, 0.1) is 13.2 Å². The predicted molar refractivity (Wildman–Crippen MR) is 82.3 cm³/mol. The van der Waals surface area contributed by atoms with E-state index in [4.69, 9.17) is 4.74 Å². The molecule has 1 aromatic rings. The van der Waals surface area contributed by atoms with Crippen LogP contribution in [0.25, 0.3) is 0 Å². The highest BCUT2D eigenvalue weighted by atomic mass is 16.5. The lowest BCUT2D eigenvalue weighted by Crippen LogP contribution is -2.19. The number of hydrogen-bond donors (Lipinski definition) is 1.